The molecule has 0 spiro atoms. The molecule has 0 fully saturated rings. The van der Waals surface area contributed by atoms with Crippen molar-refractivity contribution in [2.24, 2.45) is 0 Å². The Morgan fingerprint density at radius 1 is 1.04 bits per heavy atom. The lowest BCUT2D eigenvalue weighted by Crippen LogP contribution is -2.21. The number of carbonyl (C=O) groups excluding carboxylic acids is 1. The van der Waals surface area contributed by atoms with Crippen LogP contribution in [0.3, 0.4) is 0 Å². The Hall–Kier alpha value is -2.69. The first kappa shape index (κ1) is 18.6. The lowest BCUT2D eigenvalue weighted by Gasteiger charge is -2.20. The average Bonchev–Trinajstić information content (AvgIpc) is 2.55. The predicted molar refractivity (Wildman–Crippen MR) is 98.5 cm³/mol. The van der Waals surface area contributed by atoms with Crippen LogP contribution in [0.2, 0.25) is 0 Å². The van der Waals surface area contributed by atoms with Crippen molar-refractivity contribution in [1.82, 2.24) is 0 Å². The highest BCUT2D eigenvalue weighted by Crippen LogP contribution is 2.30. The molecule has 1 amide bonds. The van der Waals surface area contributed by atoms with E-state index in [0.717, 1.165) is 11.3 Å². The van der Waals surface area contributed by atoms with Crippen molar-refractivity contribution in [2.75, 3.05) is 18.5 Å². The molecule has 2 N–H and O–H groups in total. The number of hydrogen-bond acceptors (Lipinski definition) is 4. The van der Waals surface area contributed by atoms with E-state index in [2.05, 4.69) is 26.1 Å². The van der Waals surface area contributed by atoms with Crippen molar-refractivity contribution < 1.29 is 19.4 Å². The van der Waals surface area contributed by atoms with E-state index in [1.54, 1.807) is 36.4 Å². The molecule has 0 saturated carbocycles. The number of hydrogen-bond donors (Lipinski definition) is 2. The zero-order valence-corrected chi connectivity index (χ0v) is 15.1. The molecule has 2 rings (SSSR count). The third kappa shape index (κ3) is 5.41. The maximum atomic E-state index is 12.1. The number of ether oxygens (including phenoxy) is 2. The van der Waals surface area contributed by atoms with E-state index in [9.17, 15) is 9.90 Å². The Labute approximate surface area is 148 Å². The van der Waals surface area contributed by atoms with Gasteiger partial charge < -0.3 is 19.9 Å². The number of nitrogens with one attached hydrogen (secondary N) is 1. The van der Waals surface area contributed by atoms with Gasteiger partial charge in [0.2, 0.25) is 0 Å². The van der Waals surface area contributed by atoms with E-state index in [4.69, 9.17) is 9.47 Å². The number of anilines is 1. The second-order valence-corrected chi connectivity index (χ2v) is 6.72. The number of phenolic OH excluding ortho intramolecular Hbond substituents is 1. The maximum Gasteiger partial charge on any atom is 0.262 e. The standard InChI is InChI=1S/C20H25NO4/c1-5-24-15-7-9-16(10-8-15)25-13-19(23)21-17-12-14(20(2,3)4)6-11-18(17)22/h6-12,22H,5,13H2,1-4H3,(H,21,23). The van der Waals surface area contributed by atoms with Gasteiger partial charge in [-0.05, 0) is 54.3 Å². The van der Waals surface area contributed by atoms with Gasteiger partial charge >= 0.3 is 0 Å². The molecule has 0 aliphatic carbocycles. The molecular formula is C20H25NO4. The number of rotatable bonds is 6. The zero-order valence-electron chi connectivity index (χ0n) is 15.1. The summed E-state index contributed by atoms with van der Waals surface area (Å²) in [5, 5.41) is 12.6. The van der Waals surface area contributed by atoms with Crippen LogP contribution in [-0.2, 0) is 10.2 Å². The lowest BCUT2D eigenvalue weighted by molar-refractivity contribution is -0.118. The Morgan fingerprint density at radius 2 is 1.64 bits per heavy atom. The van der Waals surface area contributed by atoms with Crippen LogP contribution in [0.25, 0.3) is 0 Å². The molecule has 134 valence electrons. The number of carbonyl (C=O) groups is 1. The van der Waals surface area contributed by atoms with Gasteiger partial charge in [0.15, 0.2) is 6.61 Å². The Morgan fingerprint density at radius 3 is 2.20 bits per heavy atom. The molecule has 0 bridgehead atoms. The number of amides is 1. The summed E-state index contributed by atoms with van der Waals surface area (Å²) in [5.74, 6) is 1.02. The molecule has 25 heavy (non-hydrogen) atoms. The van der Waals surface area contributed by atoms with E-state index < -0.39 is 0 Å². The van der Waals surface area contributed by atoms with Gasteiger partial charge in [-0.25, -0.2) is 0 Å². The van der Waals surface area contributed by atoms with Crippen LogP contribution in [0.5, 0.6) is 17.2 Å². The number of benzene rings is 2. The minimum absolute atomic E-state index is 0.0300. The van der Waals surface area contributed by atoms with Gasteiger partial charge in [-0.2, -0.15) is 0 Å². The van der Waals surface area contributed by atoms with E-state index >= 15 is 0 Å². The first-order valence-corrected chi connectivity index (χ1v) is 8.28. The topological polar surface area (TPSA) is 67.8 Å². The molecule has 0 radical (unpaired) electrons. The van der Waals surface area contributed by atoms with Gasteiger partial charge in [-0.15, -0.1) is 0 Å². The van der Waals surface area contributed by atoms with E-state index in [0.29, 0.717) is 18.0 Å². The quantitative estimate of drug-likeness (QED) is 0.775. The molecular weight excluding hydrogens is 318 g/mol. The van der Waals surface area contributed by atoms with Crippen LogP contribution in [0.1, 0.15) is 33.3 Å². The minimum Gasteiger partial charge on any atom is -0.506 e. The molecule has 0 aliphatic rings. The normalized spacial score (nSPS) is 11.0. The first-order valence-electron chi connectivity index (χ1n) is 8.28. The van der Waals surface area contributed by atoms with E-state index in [-0.39, 0.29) is 23.7 Å². The second kappa shape index (κ2) is 7.92. The summed E-state index contributed by atoms with van der Waals surface area (Å²) in [7, 11) is 0. The molecule has 2 aromatic rings. The molecule has 0 aromatic heterocycles. The fourth-order valence-corrected chi connectivity index (χ4v) is 2.24. The maximum absolute atomic E-state index is 12.1. The molecule has 5 nitrogen and oxygen atoms in total. The fourth-order valence-electron chi connectivity index (χ4n) is 2.24. The molecule has 5 heteroatoms. The van der Waals surface area contributed by atoms with Gasteiger partial charge in [-0.3, -0.25) is 4.79 Å². The lowest BCUT2D eigenvalue weighted by atomic mass is 9.87. The fraction of sp³-hybridized carbons (Fsp3) is 0.350. The summed E-state index contributed by atoms with van der Waals surface area (Å²) < 4.78 is 10.8. The Bertz CT molecular complexity index is 717. The van der Waals surface area contributed by atoms with Gasteiger partial charge in [-0.1, -0.05) is 26.8 Å². The Kier molecular flexibility index (Phi) is 5.91. The highest BCUT2D eigenvalue weighted by Gasteiger charge is 2.16. The number of aromatic hydroxyl groups is 1. The van der Waals surface area contributed by atoms with E-state index in [1.807, 2.05) is 13.0 Å². The molecule has 0 unspecified atom stereocenters. The highest BCUT2D eigenvalue weighted by molar-refractivity contribution is 5.93. The first-order chi connectivity index (χ1) is 11.8. The van der Waals surface area contributed by atoms with Gasteiger partial charge in [0.1, 0.15) is 17.2 Å². The van der Waals surface area contributed by atoms with Crippen LogP contribution in [-0.4, -0.2) is 24.2 Å². The number of phenols is 1. The molecule has 0 saturated heterocycles. The minimum atomic E-state index is -0.338. The van der Waals surface area contributed by atoms with Crippen molar-refractivity contribution in [2.45, 2.75) is 33.1 Å². The molecule has 0 aliphatic heterocycles. The van der Waals surface area contributed by atoms with Gasteiger partial charge in [0, 0.05) is 0 Å². The zero-order chi connectivity index (χ0) is 18.4. The van der Waals surface area contributed by atoms with Crippen LogP contribution in [0.15, 0.2) is 42.5 Å². The largest absolute Gasteiger partial charge is 0.506 e. The summed E-state index contributed by atoms with van der Waals surface area (Å²) >= 11 is 0. The summed E-state index contributed by atoms with van der Waals surface area (Å²) in [6.07, 6.45) is 0. The smallest absolute Gasteiger partial charge is 0.262 e. The van der Waals surface area contributed by atoms with Crippen LogP contribution in [0.4, 0.5) is 5.69 Å². The molecule has 0 heterocycles. The van der Waals surface area contributed by atoms with Crippen molar-refractivity contribution in [3.8, 4) is 17.2 Å². The highest BCUT2D eigenvalue weighted by atomic mass is 16.5. The van der Waals surface area contributed by atoms with Crippen LogP contribution < -0.4 is 14.8 Å². The predicted octanol–water partition coefficient (Wildman–Crippen LogP) is 4.11. The third-order valence-electron chi connectivity index (χ3n) is 3.64. The van der Waals surface area contributed by atoms with Crippen molar-refractivity contribution in [3.05, 3.63) is 48.0 Å². The second-order valence-electron chi connectivity index (χ2n) is 6.72. The van der Waals surface area contributed by atoms with Crippen molar-refractivity contribution in [1.29, 1.82) is 0 Å². The van der Waals surface area contributed by atoms with Crippen molar-refractivity contribution in [3.63, 3.8) is 0 Å². The monoisotopic (exact) mass is 343 g/mol. The van der Waals surface area contributed by atoms with Gasteiger partial charge in [0.05, 0.1) is 12.3 Å². The average molecular weight is 343 g/mol. The third-order valence-corrected chi connectivity index (χ3v) is 3.64. The molecule has 0 atom stereocenters. The summed E-state index contributed by atoms with van der Waals surface area (Å²) in [5.41, 5.74) is 1.33. The molecule has 2 aromatic carbocycles. The van der Waals surface area contributed by atoms with Crippen LogP contribution >= 0.6 is 0 Å². The summed E-state index contributed by atoms with van der Waals surface area (Å²) in [6, 6.07) is 12.3. The summed E-state index contributed by atoms with van der Waals surface area (Å²) in [4.78, 5) is 12.1. The summed E-state index contributed by atoms with van der Waals surface area (Å²) in [6.45, 7) is 8.58. The van der Waals surface area contributed by atoms with Gasteiger partial charge in [0.25, 0.3) is 5.91 Å². The van der Waals surface area contributed by atoms with Crippen LogP contribution in [0, 0.1) is 0 Å². The van der Waals surface area contributed by atoms with Crippen molar-refractivity contribution >= 4 is 11.6 Å². The Balaban J connectivity index is 1.96. The SMILES string of the molecule is CCOc1ccc(OCC(=O)Nc2cc(C(C)(C)C)ccc2O)cc1. The van der Waals surface area contributed by atoms with E-state index in [1.165, 1.54) is 0 Å².